The summed E-state index contributed by atoms with van der Waals surface area (Å²) in [6, 6.07) is 9.62. The maximum Gasteiger partial charge on any atom is 0.252 e. The maximum atomic E-state index is 12.2. The van der Waals surface area contributed by atoms with Crippen LogP contribution in [0.5, 0.6) is 0 Å². The minimum Gasteiger partial charge on any atom is -0.380 e. The van der Waals surface area contributed by atoms with Crippen molar-refractivity contribution in [1.82, 2.24) is 15.3 Å². The van der Waals surface area contributed by atoms with Crippen molar-refractivity contribution in [3.8, 4) is 0 Å². The first kappa shape index (κ1) is 17.4. The number of aromatic nitrogens is 2. The van der Waals surface area contributed by atoms with Crippen LogP contribution in [0.15, 0.2) is 42.7 Å². The molecular weight excluding hydrogens is 316 g/mol. The Hall–Kier alpha value is -2.47. The molecule has 132 valence electrons. The van der Waals surface area contributed by atoms with E-state index in [0.29, 0.717) is 12.1 Å². The van der Waals surface area contributed by atoms with Crippen molar-refractivity contribution >= 4 is 11.7 Å². The Morgan fingerprint density at radius 1 is 1.16 bits per heavy atom. The van der Waals surface area contributed by atoms with Gasteiger partial charge >= 0.3 is 0 Å². The van der Waals surface area contributed by atoms with Crippen LogP contribution in [-0.4, -0.2) is 48.7 Å². The zero-order valence-electron chi connectivity index (χ0n) is 14.4. The van der Waals surface area contributed by atoms with Gasteiger partial charge in [-0.3, -0.25) is 9.78 Å². The average Bonchev–Trinajstić information content (AvgIpc) is 2.95. The minimum absolute atomic E-state index is 0.0840. The van der Waals surface area contributed by atoms with Crippen LogP contribution >= 0.6 is 0 Å². The van der Waals surface area contributed by atoms with E-state index in [9.17, 15) is 4.79 Å². The monoisotopic (exact) mass is 340 g/mol. The highest BCUT2D eigenvalue weighted by atomic mass is 16.5. The van der Waals surface area contributed by atoms with E-state index in [2.05, 4.69) is 20.2 Å². The lowest BCUT2D eigenvalue weighted by Gasteiger charge is -2.20. The van der Waals surface area contributed by atoms with Crippen LogP contribution in [0.1, 0.15) is 28.9 Å². The second kappa shape index (κ2) is 9.13. The van der Waals surface area contributed by atoms with E-state index in [4.69, 9.17) is 4.74 Å². The van der Waals surface area contributed by atoms with Gasteiger partial charge in [0.25, 0.3) is 5.91 Å². The number of nitrogens with one attached hydrogen (secondary N) is 1. The summed E-state index contributed by atoms with van der Waals surface area (Å²) in [6.45, 7) is 3.93. The second-order valence-electron chi connectivity index (χ2n) is 6.04. The Morgan fingerprint density at radius 2 is 2.12 bits per heavy atom. The van der Waals surface area contributed by atoms with Crippen molar-refractivity contribution in [3.63, 3.8) is 0 Å². The lowest BCUT2D eigenvalue weighted by molar-refractivity contribution is 0.0953. The lowest BCUT2D eigenvalue weighted by atomic mass is 10.2. The van der Waals surface area contributed by atoms with Gasteiger partial charge in [-0.15, -0.1) is 0 Å². The molecule has 0 radical (unpaired) electrons. The van der Waals surface area contributed by atoms with E-state index >= 15 is 0 Å². The summed E-state index contributed by atoms with van der Waals surface area (Å²) in [5.74, 6) is 0.816. The molecule has 3 heterocycles. The van der Waals surface area contributed by atoms with Gasteiger partial charge in [-0.05, 0) is 43.5 Å². The summed E-state index contributed by atoms with van der Waals surface area (Å²) in [5.41, 5.74) is 1.64. The van der Waals surface area contributed by atoms with Crippen LogP contribution in [0, 0.1) is 0 Å². The number of rotatable bonds is 6. The van der Waals surface area contributed by atoms with E-state index in [1.165, 1.54) is 0 Å². The number of aryl methyl sites for hydroxylation is 1. The molecule has 1 aliphatic heterocycles. The smallest absolute Gasteiger partial charge is 0.252 e. The third-order valence-corrected chi connectivity index (χ3v) is 4.18. The quantitative estimate of drug-likeness (QED) is 0.816. The molecule has 0 unspecified atom stereocenters. The topological polar surface area (TPSA) is 67.4 Å². The fourth-order valence-corrected chi connectivity index (χ4v) is 2.80. The molecule has 3 rings (SSSR count). The van der Waals surface area contributed by atoms with Gasteiger partial charge in [0.05, 0.1) is 12.2 Å². The van der Waals surface area contributed by atoms with Crippen molar-refractivity contribution in [2.24, 2.45) is 0 Å². The number of nitrogens with zero attached hydrogens (tertiary/aromatic N) is 3. The molecule has 0 aromatic carbocycles. The van der Waals surface area contributed by atoms with Crippen molar-refractivity contribution in [3.05, 3.63) is 54.0 Å². The number of carbonyl (C=O) groups is 1. The molecule has 0 saturated carbocycles. The van der Waals surface area contributed by atoms with Crippen LogP contribution in [0.2, 0.25) is 0 Å². The van der Waals surface area contributed by atoms with Gasteiger partial charge in [0.1, 0.15) is 5.82 Å². The first-order chi connectivity index (χ1) is 12.3. The number of hydrogen-bond donors (Lipinski definition) is 1. The molecule has 0 bridgehead atoms. The average molecular weight is 340 g/mol. The molecular formula is C19H24N4O2. The fraction of sp³-hybridized carbons (Fsp3) is 0.421. The molecule has 0 atom stereocenters. The highest BCUT2D eigenvalue weighted by molar-refractivity contribution is 5.94. The summed E-state index contributed by atoms with van der Waals surface area (Å²) < 4.78 is 5.46. The van der Waals surface area contributed by atoms with Gasteiger partial charge in [0.2, 0.25) is 0 Å². The highest BCUT2D eigenvalue weighted by Crippen LogP contribution is 2.13. The molecule has 25 heavy (non-hydrogen) atoms. The summed E-state index contributed by atoms with van der Waals surface area (Å²) in [4.78, 5) is 23.1. The van der Waals surface area contributed by atoms with Crippen LogP contribution in [-0.2, 0) is 11.2 Å². The molecule has 6 nitrogen and oxygen atoms in total. The summed E-state index contributed by atoms with van der Waals surface area (Å²) >= 11 is 0. The number of carbonyl (C=O) groups excluding carboxylic acids is 1. The first-order valence-electron chi connectivity index (χ1n) is 8.80. The lowest BCUT2D eigenvalue weighted by Crippen LogP contribution is -2.27. The predicted molar refractivity (Wildman–Crippen MR) is 96.8 cm³/mol. The zero-order chi connectivity index (χ0) is 17.3. The Kier molecular flexibility index (Phi) is 6.34. The van der Waals surface area contributed by atoms with Gasteiger partial charge in [-0.2, -0.15) is 0 Å². The van der Waals surface area contributed by atoms with Crippen molar-refractivity contribution < 1.29 is 9.53 Å². The molecule has 1 amide bonds. The normalized spacial score (nSPS) is 14.8. The third-order valence-electron chi connectivity index (χ3n) is 4.18. The number of amides is 1. The number of anilines is 1. The summed E-state index contributed by atoms with van der Waals surface area (Å²) in [6.07, 6.45) is 6.16. The summed E-state index contributed by atoms with van der Waals surface area (Å²) in [7, 11) is 0. The van der Waals surface area contributed by atoms with E-state index in [1.54, 1.807) is 12.4 Å². The molecule has 0 spiro atoms. The highest BCUT2D eigenvalue weighted by Gasteiger charge is 2.12. The predicted octanol–water partition coefficient (Wildman–Crippen LogP) is 2.07. The van der Waals surface area contributed by atoms with Gasteiger partial charge in [-0.25, -0.2) is 4.98 Å². The molecule has 0 aliphatic carbocycles. The van der Waals surface area contributed by atoms with Gasteiger partial charge in [-0.1, -0.05) is 6.07 Å². The largest absolute Gasteiger partial charge is 0.380 e. The van der Waals surface area contributed by atoms with Gasteiger partial charge in [0.15, 0.2) is 0 Å². The van der Waals surface area contributed by atoms with Crippen LogP contribution in [0.3, 0.4) is 0 Å². The molecule has 6 heteroatoms. The van der Waals surface area contributed by atoms with Gasteiger partial charge in [0, 0.05) is 44.3 Å². The van der Waals surface area contributed by atoms with Crippen molar-refractivity contribution in [2.75, 3.05) is 37.7 Å². The van der Waals surface area contributed by atoms with Crippen LogP contribution < -0.4 is 10.2 Å². The van der Waals surface area contributed by atoms with E-state index in [-0.39, 0.29) is 5.91 Å². The fourth-order valence-electron chi connectivity index (χ4n) is 2.80. The van der Waals surface area contributed by atoms with Crippen LogP contribution in [0.25, 0.3) is 0 Å². The molecule has 1 fully saturated rings. The van der Waals surface area contributed by atoms with Gasteiger partial charge < -0.3 is 15.0 Å². The second-order valence-corrected chi connectivity index (χ2v) is 6.04. The number of ether oxygens (including phenoxy) is 1. The van der Waals surface area contributed by atoms with Crippen LogP contribution in [0.4, 0.5) is 5.82 Å². The third kappa shape index (κ3) is 5.26. The van der Waals surface area contributed by atoms with E-state index in [1.807, 2.05) is 30.3 Å². The molecule has 2 aromatic heterocycles. The van der Waals surface area contributed by atoms with Crippen molar-refractivity contribution in [1.29, 1.82) is 0 Å². The standard InChI is InChI=1S/C19H24N4O2/c24-19(21-10-3-6-17-5-1-2-9-20-17)16-7-8-18(22-15-16)23-11-4-13-25-14-12-23/h1-2,5,7-9,15H,3-4,6,10-14H2,(H,21,24). The molecule has 1 saturated heterocycles. The molecule has 2 aromatic rings. The summed E-state index contributed by atoms with van der Waals surface area (Å²) in [5, 5.41) is 2.94. The maximum absolute atomic E-state index is 12.2. The van der Waals surface area contributed by atoms with Crippen molar-refractivity contribution in [2.45, 2.75) is 19.3 Å². The van der Waals surface area contributed by atoms with E-state index in [0.717, 1.165) is 57.1 Å². The molecule has 1 aliphatic rings. The Balaban J connectivity index is 1.45. The number of hydrogen-bond acceptors (Lipinski definition) is 5. The number of pyridine rings is 2. The Labute approximate surface area is 148 Å². The minimum atomic E-state index is -0.0840. The first-order valence-corrected chi connectivity index (χ1v) is 8.80. The Morgan fingerprint density at radius 3 is 2.92 bits per heavy atom. The zero-order valence-corrected chi connectivity index (χ0v) is 14.4. The SMILES string of the molecule is O=C(NCCCc1ccccn1)c1ccc(N2CCCOCC2)nc1. The van der Waals surface area contributed by atoms with E-state index < -0.39 is 0 Å². The Bertz CT molecular complexity index is 653. The molecule has 1 N–H and O–H groups in total.